The van der Waals surface area contributed by atoms with Crippen LogP contribution in [0.4, 0.5) is 13.2 Å². The van der Waals surface area contributed by atoms with Crippen LogP contribution in [0.1, 0.15) is 24.6 Å². The molecule has 1 fully saturated rings. The molecule has 2 aromatic rings. The lowest BCUT2D eigenvalue weighted by Crippen LogP contribution is -1.95. The third-order valence-corrected chi connectivity index (χ3v) is 2.74. The minimum atomic E-state index is -1.50. The van der Waals surface area contributed by atoms with Crippen LogP contribution in [0.15, 0.2) is 12.1 Å². The zero-order valence-electron chi connectivity index (χ0n) is 8.67. The molecular weight excluding hydrogens is 231 g/mol. The highest BCUT2D eigenvalue weighted by Gasteiger charge is 2.28. The van der Waals surface area contributed by atoms with Gasteiger partial charge in [-0.15, -0.1) is 0 Å². The first kappa shape index (κ1) is 10.3. The van der Waals surface area contributed by atoms with E-state index in [0.717, 1.165) is 25.0 Å². The molecule has 0 bridgehead atoms. The quantitative estimate of drug-likeness (QED) is 0.819. The van der Waals surface area contributed by atoms with E-state index in [1.54, 1.807) is 0 Å². The molecule has 0 spiro atoms. The highest BCUT2D eigenvalue weighted by Crippen LogP contribution is 2.38. The highest BCUT2D eigenvalue weighted by molar-refractivity contribution is 5.55. The van der Waals surface area contributed by atoms with Crippen molar-refractivity contribution in [3.05, 3.63) is 35.4 Å². The number of benzene rings is 1. The summed E-state index contributed by atoms with van der Waals surface area (Å²) in [4.78, 5) is 4.08. The second kappa shape index (κ2) is 3.58. The minimum Gasteiger partial charge on any atom is -0.262 e. The molecule has 17 heavy (non-hydrogen) atoms. The predicted octanol–water partition coefficient (Wildman–Crippen LogP) is 2.77. The van der Waals surface area contributed by atoms with Crippen LogP contribution in [0.25, 0.3) is 11.4 Å². The lowest BCUT2D eigenvalue weighted by molar-refractivity contribution is 0.448. The monoisotopic (exact) mass is 239 g/mol. The zero-order valence-corrected chi connectivity index (χ0v) is 8.67. The normalized spacial score (nSPS) is 15.2. The maximum atomic E-state index is 13.5. The van der Waals surface area contributed by atoms with Gasteiger partial charge in [0.2, 0.25) is 0 Å². The van der Waals surface area contributed by atoms with E-state index < -0.39 is 17.5 Å². The van der Waals surface area contributed by atoms with E-state index in [0.29, 0.717) is 11.7 Å². The second-order valence-electron chi connectivity index (χ2n) is 4.04. The summed E-state index contributed by atoms with van der Waals surface area (Å²) >= 11 is 0. The third kappa shape index (κ3) is 1.69. The molecule has 0 amide bonds. The summed E-state index contributed by atoms with van der Waals surface area (Å²) in [5.74, 6) is -2.91. The minimum absolute atomic E-state index is 0.0586. The number of H-pyrrole nitrogens is 1. The van der Waals surface area contributed by atoms with Gasteiger partial charge >= 0.3 is 0 Å². The van der Waals surface area contributed by atoms with Gasteiger partial charge in [-0.05, 0) is 25.0 Å². The summed E-state index contributed by atoms with van der Waals surface area (Å²) in [6.07, 6.45) is 2.05. The maximum absolute atomic E-state index is 13.5. The highest BCUT2D eigenvalue weighted by atomic mass is 19.2. The topological polar surface area (TPSA) is 41.6 Å². The molecule has 0 aliphatic heterocycles. The first-order valence-corrected chi connectivity index (χ1v) is 5.23. The molecule has 1 saturated carbocycles. The number of rotatable bonds is 2. The van der Waals surface area contributed by atoms with Crippen LogP contribution in [-0.2, 0) is 0 Å². The average Bonchev–Trinajstić information content (AvgIpc) is 3.06. The van der Waals surface area contributed by atoms with Crippen LogP contribution in [0.2, 0.25) is 0 Å². The van der Waals surface area contributed by atoms with Crippen LogP contribution in [-0.4, -0.2) is 15.2 Å². The predicted molar refractivity (Wildman–Crippen MR) is 53.7 cm³/mol. The molecule has 88 valence electrons. The molecule has 1 aromatic carbocycles. The van der Waals surface area contributed by atoms with Crippen LogP contribution in [0.5, 0.6) is 0 Å². The average molecular weight is 239 g/mol. The summed E-state index contributed by atoms with van der Waals surface area (Å²) in [6.45, 7) is 0. The molecule has 1 aliphatic carbocycles. The number of hydrogen-bond acceptors (Lipinski definition) is 2. The Labute approximate surface area is 94.7 Å². The Hall–Kier alpha value is -1.85. The van der Waals surface area contributed by atoms with E-state index in [1.807, 2.05) is 0 Å². The molecule has 3 nitrogen and oxygen atoms in total. The lowest BCUT2D eigenvalue weighted by atomic mass is 10.2. The van der Waals surface area contributed by atoms with E-state index in [9.17, 15) is 13.2 Å². The Morgan fingerprint density at radius 1 is 1.12 bits per heavy atom. The first-order chi connectivity index (χ1) is 8.16. The molecule has 0 unspecified atom stereocenters. The lowest BCUT2D eigenvalue weighted by Gasteiger charge is -1.99. The summed E-state index contributed by atoms with van der Waals surface area (Å²) in [6, 6.07) is 1.99. The van der Waals surface area contributed by atoms with Crippen molar-refractivity contribution in [1.29, 1.82) is 0 Å². The first-order valence-electron chi connectivity index (χ1n) is 5.23. The molecule has 1 heterocycles. The van der Waals surface area contributed by atoms with Gasteiger partial charge in [0.15, 0.2) is 23.3 Å². The molecular formula is C11H8F3N3. The molecule has 0 saturated heterocycles. The fourth-order valence-corrected chi connectivity index (χ4v) is 1.63. The summed E-state index contributed by atoms with van der Waals surface area (Å²) in [5, 5.41) is 6.50. The van der Waals surface area contributed by atoms with Crippen molar-refractivity contribution in [1.82, 2.24) is 15.2 Å². The Morgan fingerprint density at radius 2 is 1.88 bits per heavy atom. The largest absolute Gasteiger partial charge is 0.262 e. The zero-order chi connectivity index (χ0) is 12.0. The standard InChI is InChI=1S/C11H8F3N3/c12-7-4-3-6(8(13)9(7)14)11-15-10(16-17-11)5-1-2-5/h3-5H,1-2H2,(H,15,16,17). The van der Waals surface area contributed by atoms with E-state index in [2.05, 4.69) is 15.2 Å². The van der Waals surface area contributed by atoms with Crippen LogP contribution >= 0.6 is 0 Å². The van der Waals surface area contributed by atoms with Crippen LogP contribution in [0.3, 0.4) is 0 Å². The molecule has 0 radical (unpaired) electrons. The van der Waals surface area contributed by atoms with E-state index in [1.165, 1.54) is 0 Å². The van der Waals surface area contributed by atoms with Gasteiger partial charge in [0, 0.05) is 5.92 Å². The summed E-state index contributed by atoms with van der Waals surface area (Å²) in [7, 11) is 0. The van der Waals surface area contributed by atoms with Crippen molar-refractivity contribution in [2.45, 2.75) is 18.8 Å². The maximum Gasteiger partial charge on any atom is 0.195 e. The van der Waals surface area contributed by atoms with Crippen molar-refractivity contribution in [3.8, 4) is 11.4 Å². The van der Waals surface area contributed by atoms with E-state index in [-0.39, 0.29) is 11.4 Å². The fourth-order valence-electron chi connectivity index (χ4n) is 1.63. The van der Waals surface area contributed by atoms with Crippen molar-refractivity contribution in [3.63, 3.8) is 0 Å². The number of nitrogens with one attached hydrogen (secondary N) is 1. The van der Waals surface area contributed by atoms with Gasteiger partial charge in [-0.3, -0.25) is 5.10 Å². The fraction of sp³-hybridized carbons (Fsp3) is 0.273. The number of aromatic amines is 1. The van der Waals surface area contributed by atoms with Gasteiger partial charge in [0.05, 0.1) is 5.56 Å². The van der Waals surface area contributed by atoms with Gasteiger partial charge < -0.3 is 0 Å². The number of nitrogens with zero attached hydrogens (tertiary/aromatic N) is 2. The number of hydrogen-bond donors (Lipinski definition) is 1. The molecule has 1 aliphatic rings. The third-order valence-electron chi connectivity index (χ3n) is 2.74. The van der Waals surface area contributed by atoms with Crippen molar-refractivity contribution in [2.24, 2.45) is 0 Å². The summed E-state index contributed by atoms with van der Waals surface area (Å²) < 4.78 is 39.3. The van der Waals surface area contributed by atoms with Crippen molar-refractivity contribution < 1.29 is 13.2 Å². The Morgan fingerprint density at radius 3 is 2.59 bits per heavy atom. The smallest absolute Gasteiger partial charge is 0.195 e. The van der Waals surface area contributed by atoms with Crippen LogP contribution in [0, 0.1) is 17.5 Å². The SMILES string of the molecule is Fc1ccc(-c2n[nH]c(C3CC3)n2)c(F)c1F. The molecule has 1 N–H and O–H groups in total. The van der Waals surface area contributed by atoms with Gasteiger partial charge in [0.25, 0.3) is 0 Å². The van der Waals surface area contributed by atoms with E-state index in [4.69, 9.17) is 0 Å². The molecule has 0 atom stereocenters. The Balaban J connectivity index is 2.05. The number of aromatic nitrogens is 3. The second-order valence-corrected chi connectivity index (χ2v) is 4.04. The summed E-state index contributed by atoms with van der Waals surface area (Å²) in [5.41, 5.74) is -0.132. The van der Waals surface area contributed by atoms with Gasteiger partial charge in [0.1, 0.15) is 5.82 Å². The molecule has 6 heteroatoms. The van der Waals surface area contributed by atoms with E-state index >= 15 is 0 Å². The molecule has 1 aromatic heterocycles. The van der Waals surface area contributed by atoms with Gasteiger partial charge in [-0.2, -0.15) is 5.10 Å². The van der Waals surface area contributed by atoms with Gasteiger partial charge in [-0.25, -0.2) is 18.2 Å². The van der Waals surface area contributed by atoms with Crippen LogP contribution < -0.4 is 0 Å². The van der Waals surface area contributed by atoms with Crippen molar-refractivity contribution in [2.75, 3.05) is 0 Å². The number of halogens is 3. The Kier molecular flexibility index (Phi) is 2.17. The van der Waals surface area contributed by atoms with Crippen molar-refractivity contribution >= 4 is 0 Å². The Bertz CT molecular complexity index is 575. The molecule has 3 rings (SSSR count). The van der Waals surface area contributed by atoms with Gasteiger partial charge in [-0.1, -0.05) is 0 Å².